The van der Waals surface area contributed by atoms with Crippen molar-refractivity contribution in [2.75, 3.05) is 20.8 Å². The van der Waals surface area contributed by atoms with Crippen LogP contribution >= 0.6 is 0 Å². The quantitative estimate of drug-likeness (QED) is 0.0408. The maximum Gasteiger partial charge on any atom is 0.311 e. The van der Waals surface area contributed by atoms with Gasteiger partial charge in [0.1, 0.15) is 24.9 Å². The van der Waals surface area contributed by atoms with E-state index in [1.54, 1.807) is 0 Å². The van der Waals surface area contributed by atoms with Gasteiger partial charge in [-0.1, -0.05) is 451 Å². The highest BCUT2D eigenvalue weighted by Gasteiger charge is 2.44. The van der Waals surface area contributed by atoms with Crippen molar-refractivity contribution in [1.82, 2.24) is 0 Å². The lowest BCUT2D eigenvalue weighted by molar-refractivity contribution is -0.170. The average Bonchev–Trinajstić information content (AvgIpc) is 1.73. The Morgan fingerprint density at radius 3 is 0.918 bits per heavy atom. The van der Waals surface area contributed by atoms with Gasteiger partial charge in [-0.15, -0.1) is 0 Å². The molecule has 2 rings (SSSR count). The summed E-state index contributed by atoms with van der Waals surface area (Å²) in [5.41, 5.74) is 0. The molecule has 0 aromatic rings. The number of hydrogen-bond donors (Lipinski definition) is 3. The van der Waals surface area contributed by atoms with Crippen LogP contribution in [0.5, 0.6) is 0 Å². The Balaban J connectivity index is 1.33. The molecule has 1 saturated heterocycles. The van der Waals surface area contributed by atoms with Gasteiger partial charge >= 0.3 is 5.97 Å². The SMILES string of the molecule is CCCCCCCCCCCCCCCCCCCCCC[C@@H](C(=O)OC[C@H]1O[C@H](OC)[C@@H](O)[C@@H]1O)[C@H](O)CCCCCCCCCCCCCCCCC[C@@H]1C[C@@H]1CCCCCCCCCCCCCCCC[C@@H](OC)[C@@H](C)CCCCCCCCCCCCCCCCCC. The van der Waals surface area contributed by atoms with Crippen molar-refractivity contribution in [3.05, 3.63) is 0 Å². The molecular formula is C89H174O8. The van der Waals surface area contributed by atoms with E-state index in [2.05, 4.69) is 20.8 Å². The monoisotopic (exact) mass is 1370 g/mol. The first-order chi connectivity index (χ1) is 47.8. The molecular weight excluding hydrogens is 1200 g/mol. The molecule has 3 N–H and O–H groups in total. The number of hydrogen-bond acceptors (Lipinski definition) is 8. The second kappa shape index (κ2) is 70.9. The molecule has 2 aliphatic rings. The smallest absolute Gasteiger partial charge is 0.311 e. The summed E-state index contributed by atoms with van der Waals surface area (Å²) in [6.07, 6.45) is 93.6. The fourth-order valence-electron chi connectivity index (χ4n) is 16.4. The molecule has 0 aromatic carbocycles. The molecule has 97 heavy (non-hydrogen) atoms. The molecule has 0 unspecified atom stereocenters. The molecule has 1 heterocycles. The fraction of sp³-hybridized carbons (Fsp3) is 0.989. The van der Waals surface area contributed by atoms with Gasteiger partial charge in [-0.05, 0) is 49.9 Å². The molecule has 1 saturated carbocycles. The average molecular weight is 1370 g/mol. The van der Waals surface area contributed by atoms with E-state index in [4.69, 9.17) is 18.9 Å². The van der Waals surface area contributed by atoms with E-state index in [9.17, 15) is 20.1 Å². The van der Waals surface area contributed by atoms with Crippen molar-refractivity contribution in [3.8, 4) is 0 Å². The minimum Gasteiger partial charge on any atom is -0.463 e. The molecule has 0 spiro atoms. The minimum atomic E-state index is -1.19. The zero-order valence-electron chi connectivity index (χ0n) is 66.3. The van der Waals surface area contributed by atoms with Crippen molar-refractivity contribution in [1.29, 1.82) is 0 Å². The summed E-state index contributed by atoms with van der Waals surface area (Å²) in [6.45, 7) is 6.88. The normalized spacial score (nSPS) is 19.1. The van der Waals surface area contributed by atoms with Gasteiger partial charge in [-0.25, -0.2) is 0 Å². The molecule has 10 atom stereocenters. The van der Waals surface area contributed by atoms with E-state index in [0.717, 1.165) is 43.9 Å². The van der Waals surface area contributed by atoms with Crippen molar-refractivity contribution in [2.45, 2.75) is 520 Å². The van der Waals surface area contributed by atoms with E-state index in [-0.39, 0.29) is 6.61 Å². The second-order valence-electron chi connectivity index (χ2n) is 32.6. The third-order valence-electron chi connectivity index (χ3n) is 23.5. The van der Waals surface area contributed by atoms with E-state index < -0.39 is 42.6 Å². The van der Waals surface area contributed by atoms with E-state index in [0.29, 0.717) is 24.9 Å². The lowest BCUT2D eigenvalue weighted by atomic mass is 9.91. The van der Waals surface area contributed by atoms with Gasteiger partial charge in [0.05, 0.1) is 18.1 Å². The van der Waals surface area contributed by atoms with Crippen molar-refractivity contribution >= 4 is 5.97 Å². The van der Waals surface area contributed by atoms with Crippen molar-refractivity contribution in [3.63, 3.8) is 0 Å². The summed E-state index contributed by atoms with van der Waals surface area (Å²) in [4.78, 5) is 13.4. The van der Waals surface area contributed by atoms with Crippen LogP contribution in [0.2, 0.25) is 0 Å². The minimum absolute atomic E-state index is 0.168. The first kappa shape index (κ1) is 92.3. The Bertz CT molecular complexity index is 1580. The summed E-state index contributed by atoms with van der Waals surface area (Å²) >= 11 is 0. The lowest BCUT2D eigenvalue weighted by Gasteiger charge is -2.23. The van der Waals surface area contributed by atoms with Gasteiger partial charge in [0.15, 0.2) is 6.29 Å². The summed E-state index contributed by atoms with van der Waals surface area (Å²) in [5, 5.41) is 32.0. The van der Waals surface area contributed by atoms with Crippen LogP contribution in [0.1, 0.15) is 483 Å². The number of aliphatic hydroxyl groups is 3. The predicted molar refractivity (Wildman–Crippen MR) is 419 cm³/mol. The molecule has 1 aliphatic carbocycles. The standard InChI is InChI=1S/C89H174O8/c1-6-8-10-12-14-16-18-20-22-24-25-26-27-31-38-44-50-56-62-68-74-82(88(93)96-78-85-86(91)87(92)89(95-5)97-85)83(90)75-69-63-57-51-45-39-32-28-30-36-42-48-54-60-66-72-80-77-81(80)73-67-61-55-49-43-37-33-34-40-46-52-58-64-70-76-84(94-4)79(3)71-65-59-53-47-41-35-29-23-21-19-17-15-13-11-9-7-2/h79-87,89-92H,6-78H2,1-5H3/t79-,80+,81-,82+,83+,84+,85+,86+,87-,89-/m0/s1. The number of methoxy groups -OCH3 is 2. The van der Waals surface area contributed by atoms with Gasteiger partial charge in [-0.2, -0.15) is 0 Å². The Hall–Kier alpha value is -0.770. The third-order valence-corrected chi connectivity index (χ3v) is 23.5. The van der Waals surface area contributed by atoms with Gasteiger partial charge < -0.3 is 34.3 Å². The molecule has 578 valence electrons. The highest BCUT2D eigenvalue weighted by molar-refractivity contribution is 5.73. The van der Waals surface area contributed by atoms with Crippen LogP contribution in [-0.4, -0.2) is 78.9 Å². The maximum atomic E-state index is 13.4. The molecule has 8 heteroatoms. The summed E-state index contributed by atoms with van der Waals surface area (Å²) in [7, 11) is 3.37. The molecule has 0 aromatic heterocycles. The van der Waals surface area contributed by atoms with Crippen molar-refractivity contribution < 1.29 is 39.1 Å². The Morgan fingerprint density at radius 1 is 0.361 bits per heavy atom. The van der Waals surface area contributed by atoms with E-state index in [1.807, 2.05) is 7.11 Å². The lowest BCUT2D eigenvalue weighted by Crippen LogP contribution is -2.37. The summed E-state index contributed by atoms with van der Waals surface area (Å²) in [6, 6.07) is 0. The fourth-order valence-corrected chi connectivity index (χ4v) is 16.4. The van der Waals surface area contributed by atoms with E-state index >= 15 is 0 Å². The predicted octanol–water partition coefficient (Wildman–Crippen LogP) is 27.6. The molecule has 8 nitrogen and oxygen atoms in total. The number of esters is 1. The number of aliphatic hydroxyl groups excluding tert-OH is 3. The zero-order chi connectivity index (χ0) is 69.8. The molecule has 0 bridgehead atoms. The Morgan fingerprint density at radius 2 is 0.629 bits per heavy atom. The number of ether oxygens (including phenoxy) is 4. The van der Waals surface area contributed by atoms with Crippen LogP contribution in [-0.2, 0) is 23.7 Å². The van der Waals surface area contributed by atoms with Crippen LogP contribution in [0.25, 0.3) is 0 Å². The van der Waals surface area contributed by atoms with Crippen LogP contribution in [0.3, 0.4) is 0 Å². The molecule has 0 amide bonds. The number of rotatable bonds is 80. The first-order valence-electron chi connectivity index (χ1n) is 44.7. The third kappa shape index (κ3) is 56.3. The largest absolute Gasteiger partial charge is 0.463 e. The molecule has 2 fully saturated rings. The Kier molecular flexibility index (Phi) is 67.4. The first-order valence-corrected chi connectivity index (χ1v) is 44.7. The zero-order valence-corrected chi connectivity index (χ0v) is 66.3. The van der Waals surface area contributed by atoms with Gasteiger partial charge in [0.2, 0.25) is 0 Å². The van der Waals surface area contributed by atoms with Crippen LogP contribution in [0.15, 0.2) is 0 Å². The van der Waals surface area contributed by atoms with Crippen LogP contribution < -0.4 is 0 Å². The molecule has 1 aliphatic heterocycles. The highest BCUT2D eigenvalue weighted by Crippen LogP contribution is 2.46. The van der Waals surface area contributed by atoms with Gasteiger partial charge in [0, 0.05) is 14.2 Å². The number of unbranched alkanes of at least 4 members (excludes halogenated alkanes) is 61. The van der Waals surface area contributed by atoms with E-state index in [1.165, 1.54) is 424 Å². The molecule has 0 radical (unpaired) electrons. The second-order valence-corrected chi connectivity index (χ2v) is 32.6. The van der Waals surface area contributed by atoms with Crippen LogP contribution in [0.4, 0.5) is 0 Å². The van der Waals surface area contributed by atoms with Crippen molar-refractivity contribution in [2.24, 2.45) is 23.7 Å². The number of carbonyl (C=O) groups excluding carboxylic acids is 1. The summed E-state index contributed by atoms with van der Waals surface area (Å²) in [5.74, 6) is 1.84. The van der Waals surface area contributed by atoms with Crippen LogP contribution in [0, 0.1) is 23.7 Å². The Labute approximate surface area is 606 Å². The van der Waals surface area contributed by atoms with Gasteiger partial charge in [0.25, 0.3) is 0 Å². The number of carbonyl (C=O) groups is 1. The topological polar surface area (TPSA) is 115 Å². The highest BCUT2D eigenvalue weighted by atomic mass is 16.7. The van der Waals surface area contributed by atoms with Gasteiger partial charge in [-0.3, -0.25) is 4.79 Å². The maximum absolute atomic E-state index is 13.4. The summed E-state index contributed by atoms with van der Waals surface area (Å²) < 4.78 is 22.4.